The molecule has 4 aromatic carbocycles. The van der Waals surface area contributed by atoms with Crippen LogP contribution in [0.15, 0.2) is 54.6 Å². The highest BCUT2D eigenvalue weighted by Gasteiger charge is 2.30. The first-order valence-electron chi connectivity index (χ1n) is 28.7. The Bertz CT molecular complexity index is 2910. The van der Waals surface area contributed by atoms with Crippen LogP contribution >= 0.6 is 46.4 Å². The van der Waals surface area contributed by atoms with Crippen molar-refractivity contribution in [2.24, 2.45) is 0 Å². The Morgan fingerprint density at radius 3 is 1.25 bits per heavy atom. The zero-order valence-corrected chi connectivity index (χ0v) is 56.1. The number of ether oxygens (including phenoxy) is 3. The van der Waals surface area contributed by atoms with E-state index in [1.807, 2.05) is 95.2 Å². The van der Waals surface area contributed by atoms with E-state index in [2.05, 4.69) is 53.3 Å². The number of nitrogens with zero attached hydrogens (tertiary/aromatic N) is 5. The molecule has 3 saturated heterocycles. The first kappa shape index (κ1) is 73.8. The molecule has 3 aliphatic heterocycles. The maximum atomic E-state index is 13.0. The number of amides is 3. The molecule has 3 amide bonds. The molecule has 85 heavy (non-hydrogen) atoms. The molecule has 4 aromatic rings. The smallest absolute Gasteiger partial charge is 0.410 e. The minimum atomic E-state index is -0.557. The molecule has 7 rings (SSSR count). The van der Waals surface area contributed by atoms with Gasteiger partial charge in [0.1, 0.15) is 28.4 Å². The van der Waals surface area contributed by atoms with Crippen molar-refractivity contribution in [2.45, 2.75) is 154 Å². The maximum absolute atomic E-state index is 13.0. The lowest BCUT2D eigenvalue weighted by Gasteiger charge is -2.38. The number of hydrogen-bond donors (Lipinski definition) is 2. The number of aryl methyl sites for hydroxylation is 4. The second kappa shape index (κ2) is 33.1. The van der Waals surface area contributed by atoms with Gasteiger partial charge >= 0.3 is 18.3 Å². The fourth-order valence-electron chi connectivity index (χ4n) is 8.70. The van der Waals surface area contributed by atoms with Crippen molar-refractivity contribution in [3.8, 4) is 0 Å². The summed E-state index contributed by atoms with van der Waals surface area (Å²) in [5, 5.41) is 9.01. The number of piperazine rings is 3. The lowest BCUT2D eigenvalue weighted by Crippen LogP contribution is -2.50. The van der Waals surface area contributed by atoms with E-state index in [0.29, 0.717) is 71.5 Å². The van der Waals surface area contributed by atoms with Gasteiger partial charge in [0.25, 0.3) is 0 Å². The summed E-state index contributed by atoms with van der Waals surface area (Å²) in [5.41, 5.74) is 6.22. The van der Waals surface area contributed by atoms with E-state index >= 15 is 0 Å². The van der Waals surface area contributed by atoms with E-state index in [1.54, 1.807) is 34.6 Å². The van der Waals surface area contributed by atoms with Gasteiger partial charge in [-0.1, -0.05) is 72.4 Å². The van der Waals surface area contributed by atoms with Crippen molar-refractivity contribution in [1.82, 2.24) is 25.3 Å². The summed E-state index contributed by atoms with van der Waals surface area (Å²) in [6, 6.07) is 15.5. The number of carbonyl (C=O) groups excluding carboxylic acids is 5. The molecule has 0 saturated carbocycles. The van der Waals surface area contributed by atoms with Crippen LogP contribution in [-0.4, -0.2) is 146 Å². The average molecular weight is 1270 g/mol. The summed E-state index contributed by atoms with van der Waals surface area (Å²) in [6.45, 7) is 42.2. The van der Waals surface area contributed by atoms with Crippen LogP contribution in [0.4, 0.5) is 34.5 Å². The van der Waals surface area contributed by atoms with E-state index in [-0.39, 0.29) is 52.9 Å². The second-order valence-electron chi connectivity index (χ2n) is 24.5. The fourth-order valence-corrected chi connectivity index (χ4v) is 9.33. The monoisotopic (exact) mass is 1260 g/mol. The molecule has 21 heteroatoms. The zero-order valence-electron chi connectivity index (χ0n) is 53.1. The molecule has 1 atom stereocenters. The summed E-state index contributed by atoms with van der Waals surface area (Å²) in [4.78, 5) is 68.4. The van der Waals surface area contributed by atoms with Gasteiger partial charge < -0.3 is 49.3 Å². The number of nitrogens with one attached hydrogen (secondary N) is 2. The summed E-state index contributed by atoms with van der Waals surface area (Å²) in [6.07, 6.45) is -0.732. The molecule has 0 spiro atoms. The van der Waals surface area contributed by atoms with Crippen LogP contribution in [-0.2, 0) is 14.2 Å². The van der Waals surface area contributed by atoms with Crippen molar-refractivity contribution >= 4 is 87.6 Å². The van der Waals surface area contributed by atoms with Gasteiger partial charge in [-0.25, -0.2) is 23.2 Å². The number of hydrogen-bond acceptors (Lipinski definition) is 12. The largest absolute Gasteiger partial charge is 0.444 e. The molecule has 0 aromatic heterocycles. The predicted octanol–water partition coefficient (Wildman–Crippen LogP) is 15.3. The van der Waals surface area contributed by atoms with E-state index in [9.17, 15) is 32.8 Å². The van der Waals surface area contributed by atoms with Gasteiger partial charge in [0.15, 0.2) is 11.6 Å². The van der Waals surface area contributed by atoms with Crippen LogP contribution < -0.4 is 20.4 Å². The Labute approximate surface area is 524 Å². The number of Topliss-reactive ketones (excluding diaryl/α,β-unsaturated/α-hetero) is 2. The first-order valence-corrected chi connectivity index (χ1v) is 30.2. The van der Waals surface area contributed by atoms with E-state index in [1.165, 1.54) is 30.7 Å². The molecule has 472 valence electrons. The second-order valence-corrected chi connectivity index (χ2v) is 26.2. The summed E-state index contributed by atoms with van der Waals surface area (Å²) >= 11 is 23.9. The Balaban J connectivity index is 0.000000295. The molecule has 3 fully saturated rings. The molecule has 3 heterocycles. The SMILES string of the molecule is CC(=O)c1cc(C)c(Cl)cc1F.CC(=O)c1cc(C)c(Cl)cc1N1CCN(C(=O)OC(C)(C)C)CC1.CC(C)(C)OC(=O)N1CCNCC1.Cc1cc(C(C)NC(C)C)c(N2CCN(C(=O)OC(C)(C)C)CC2)cc1Cl.Cc1ccc(F)cc1Cl. The van der Waals surface area contributed by atoms with Crippen LogP contribution in [0.5, 0.6) is 0 Å². The lowest BCUT2D eigenvalue weighted by molar-refractivity contribution is 0.0221. The molecule has 1 unspecified atom stereocenters. The topological polar surface area (TPSA) is 153 Å². The van der Waals surface area contributed by atoms with E-state index in [4.69, 9.17) is 60.6 Å². The van der Waals surface area contributed by atoms with Crippen molar-refractivity contribution in [3.63, 3.8) is 0 Å². The van der Waals surface area contributed by atoms with Crippen molar-refractivity contribution in [1.29, 1.82) is 0 Å². The fraction of sp³-hybridized carbons (Fsp3) is 0.547. The van der Waals surface area contributed by atoms with Gasteiger partial charge in [0.2, 0.25) is 0 Å². The predicted molar refractivity (Wildman–Crippen MR) is 342 cm³/mol. The lowest BCUT2D eigenvalue weighted by atomic mass is 10.0. The van der Waals surface area contributed by atoms with Crippen molar-refractivity contribution < 1.29 is 47.0 Å². The van der Waals surface area contributed by atoms with Gasteiger partial charge in [-0.3, -0.25) is 9.59 Å². The zero-order chi connectivity index (χ0) is 64.5. The molecule has 0 aliphatic carbocycles. The van der Waals surface area contributed by atoms with Crippen LogP contribution in [0, 0.1) is 39.3 Å². The third-order valence-electron chi connectivity index (χ3n) is 13.1. The van der Waals surface area contributed by atoms with E-state index < -0.39 is 17.0 Å². The quantitative estimate of drug-likeness (QED) is 0.134. The Morgan fingerprint density at radius 2 is 0.859 bits per heavy atom. The van der Waals surface area contributed by atoms with E-state index in [0.717, 1.165) is 78.4 Å². The highest BCUT2D eigenvalue weighted by atomic mass is 35.5. The molecule has 15 nitrogen and oxygen atoms in total. The van der Waals surface area contributed by atoms with Gasteiger partial charge in [-0.15, -0.1) is 0 Å². The average Bonchev–Trinajstić information content (AvgIpc) is 2.09. The summed E-state index contributed by atoms with van der Waals surface area (Å²) in [5.74, 6) is -1.12. The number of rotatable bonds is 7. The Hall–Kier alpha value is -5.43. The molecule has 0 radical (unpaired) electrons. The van der Waals surface area contributed by atoms with Gasteiger partial charge in [0.05, 0.1) is 5.56 Å². The molecule has 2 N–H and O–H groups in total. The number of anilines is 2. The van der Waals surface area contributed by atoms with Crippen molar-refractivity contribution in [2.75, 3.05) is 88.3 Å². The number of benzene rings is 4. The molecule has 0 bridgehead atoms. The third-order valence-corrected chi connectivity index (χ3v) is 14.7. The maximum Gasteiger partial charge on any atom is 0.410 e. The number of carbonyl (C=O) groups is 5. The highest BCUT2D eigenvalue weighted by molar-refractivity contribution is 6.32. The molecular formula is C64H91Cl4F2N7O8. The van der Waals surface area contributed by atoms with Crippen LogP contribution in [0.2, 0.25) is 20.1 Å². The van der Waals surface area contributed by atoms with Crippen LogP contribution in [0.1, 0.15) is 152 Å². The van der Waals surface area contributed by atoms with Gasteiger partial charge in [0, 0.05) is 128 Å². The van der Waals surface area contributed by atoms with Crippen LogP contribution in [0.25, 0.3) is 0 Å². The standard InChI is InChI=1S/C21H34ClN3O2.C18H25ClN2O3.C9H8ClFO.C9H18N2O2.C7H6ClF/c1-14(2)23-16(4)17-12-15(3)18(22)13-19(17)24-8-10-25(11-9-24)20(26)27-21(5,6)7;1-12-10-14(13(2)22)16(11-15(12)19)20-6-8-21(9-7-20)17(23)24-18(3,4)5;1-5-3-7(6(2)12)9(11)4-8(5)10;1-9(2,3)13-8(12)11-6-4-10-5-7-11;1-5-2-3-6(9)4-7(5)8/h12-14,16,23H,8-11H2,1-7H3;10-11H,6-9H2,1-5H3;3-4H,1-2H3;10H,4-7H2,1-3H3;2-4H,1H3. The number of ketones is 2. The minimum Gasteiger partial charge on any atom is -0.444 e. The molecular weight excluding hydrogens is 1170 g/mol. The minimum absolute atomic E-state index is 0.0133. The Morgan fingerprint density at radius 1 is 0.494 bits per heavy atom. The highest BCUT2D eigenvalue weighted by Crippen LogP contribution is 2.34. The van der Waals surface area contributed by atoms with Crippen LogP contribution in [0.3, 0.4) is 0 Å². The summed E-state index contributed by atoms with van der Waals surface area (Å²) in [7, 11) is 0. The van der Waals surface area contributed by atoms with Gasteiger partial charge in [-0.05, 0) is 181 Å². The normalized spacial score (nSPS) is 14.9. The third kappa shape index (κ3) is 25.4. The van der Waals surface area contributed by atoms with Crippen molar-refractivity contribution in [3.05, 3.63) is 125 Å². The first-order chi connectivity index (χ1) is 39.3. The number of halogens is 6. The summed E-state index contributed by atoms with van der Waals surface area (Å²) < 4.78 is 41.4. The Kier molecular flexibility index (Phi) is 28.7. The molecule has 3 aliphatic rings. The van der Waals surface area contributed by atoms with Gasteiger partial charge in [-0.2, -0.15) is 0 Å².